The van der Waals surface area contributed by atoms with Crippen LogP contribution in [-0.4, -0.2) is 35.5 Å². The molecule has 3 aromatic carbocycles. The largest absolute Gasteiger partial charge is 0.465 e. The van der Waals surface area contributed by atoms with Gasteiger partial charge in [-0.1, -0.05) is 41.9 Å². The maximum atomic E-state index is 12.7. The third-order valence-electron chi connectivity index (χ3n) is 5.23. The molecule has 0 radical (unpaired) electrons. The fourth-order valence-corrected chi connectivity index (χ4v) is 4.85. The number of anilines is 1. The zero-order chi connectivity index (χ0) is 23.4. The Kier molecular flexibility index (Phi) is 7.01. The molecule has 2 amide bonds. The number of hydrogen-bond donors (Lipinski definition) is 1. The molecule has 0 aliphatic carbocycles. The van der Waals surface area contributed by atoms with Crippen molar-refractivity contribution in [1.82, 2.24) is 4.90 Å². The van der Waals surface area contributed by atoms with E-state index in [-0.39, 0.29) is 17.2 Å². The van der Waals surface area contributed by atoms with Gasteiger partial charge in [0.1, 0.15) is 5.37 Å². The first-order chi connectivity index (χ1) is 15.9. The van der Waals surface area contributed by atoms with E-state index in [1.807, 2.05) is 41.3 Å². The predicted octanol–water partition coefficient (Wildman–Crippen LogP) is 5.15. The summed E-state index contributed by atoms with van der Waals surface area (Å²) in [5.41, 5.74) is 3.28. The van der Waals surface area contributed by atoms with Crippen LogP contribution >= 0.6 is 23.4 Å². The SMILES string of the molecule is COC(=O)c1cccc(NC(=O)c2ccc([C@H]3SCC(=O)N3Cc3ccc(Cl)cc3)cc2)c1. The van der Waals surface area contributed by atoms with Crippen LogP contribution in [0, 0.1) is 0 Å². The molecule has 1 aliphatic rings. The van der Waals surface area contributed by atoms with Crippen molar-refractivity contribution in [2.45, 2.75) is 11.9 Å². The van der Waals surface area contributed by atoms with Crippen LogP contribution in [0.15, 0.2) is 72.8 Å². The molecule has 4 rings (SSSR count). The monoisotopic (exact) mass is 480 g/mol. The summed E-state index contributed by atoms with van der Waals surface area (Å²) in [5.74, 6) is -0.275. The fourth-order valence-electron chi connectivity index (χ4n) is 3.53. The van der Waals surface area contributed by atoms with Crippen LogP contribution in [0.2, 0.25) is 5.02 Å². The highest BCUT2D eigenvalue weighted by molar-refractivity contribution is 8.00. The van der Waals surface area contributed by atoms with Crippen molar-refractivity contribution in [3.63, 3.8) is 0 Å². The van der Waals surface area contributed by atoms with E-state index in [4.69, 9.17) is 16.3 Å². The maximum Gasteiger partial charge on any atom is 0.337 e. The second-order valence-electron chi connectivity index (χ2n) is 7.46. The minimum absolute atomic E-state index is 0.0762. The zero-order valence-electron chi connectivity index (χ0n) is 17.8. The molecule has 0 aromatic heterocycles. The lowest BCUT2D eigenvalue weighted by Gasteiger charge is -2.24. The van der Waals surface area contributed by atoms with Gasteiger partial charge >= 0.3 is 5.97 Å². The highest BCUT2D eigenvalue weighted by atomic mass is 35.5. The number of carbonyl (C=O) groups is 3. The summed E-state index contributed by atoms with van der Waals surface area (Å²) in [7, 11) is 1.31. The van der Waals surface area contributed by atoms with E-state index in [9.17, 15) is 14.4 Å². The molecular weight excluding hydrogens is 460 g/mol. The van der Waals surface area contributed by atoms with E-state index in [1.165, 1.54) is 7.11 Å². The average molecular weight is 481 g/mol. The van der Waals surface area contributed by atoms with Crippen LogP contribution < -0.4 is 5.32 Å². The van der Waals surface area contributed by atoms with Crippen molar-refractivity contribution in [1.29, 1.82) is 0 Å². The quantitative estimate of drug-likeness (QED) is 0.493. The van der Waals surface area contributed by atoms with E-state index < -0.39 is 5.97 Å². The first-order valence-electron chi connectivity index (χ1n) is 10.2. The number of amides is 2. The van der Waals surface area contributed by atoms with Crippen molar-refractivity contribution in [3.8, 4) is 0 Å². The molecule has 0 spiro atoms. The van der Waals surface area contributed by atoms with Crippen LogP contribution in [-0.2, 0) is 16.1 Å². The number of carbonyl (C=O) groups excluding carboxylic acids is 3. The number of ether oxygens (including phenoxy) is 1. The van der Waals surface area contributed by atoms with Crippen LogP contribution in [0.1, 0.15) is 37.2 Å². The van der Waals surface area contributed by atoms with Gasteiger partial charge in [-0.2, -0.15) is 0 Å². The summed E-state index contributed by atoms with van der Waals surface area (Å²) in [6.45, 7) is 0.493. The van der Waals surface area contributed by atoms with Crippen molar-refractivity contribution < 1.29 is 19.1 Å². The Labute approximate surface area is 200 Å². The van der Waals surface area contributed by atoms with Crippen LogP contribution in [0.25, 0.3) is 0 Å². The molecule has 1 heterocycles. The number of nitrogens with one attached hydrogen (secondary N) is 1. The van der Waals surface area contributed by atoms with E-state index in [1.54, 1.807) is 48.2 Å². The van der Waals surface area contributed by atoms with Gasteiger partial charge in [-0.25, -0.2) is 4.79 Å². The molecule has 0 bridgehead atoms. The van der Waals surface area contributed by atoms with Crippen molar-refractivity contribution in [2.75, 3.05) is 18.2 Å². The lowest BCUT2D eigenvalue weighted by atomic mass is 10.1. The summed E-state index contributed by atoms with van der Waals surface area (Å²) in [6.07, 6.45) is 0. The number of esters is 1. The molecule has 6 nitrogen and oxygen atoms in total. The minimum atomic E-state index is -0.470. The highest BCUT2D eigenvalue weighted by Gasteiger charge is 2.32. The van der Waals surface area contributed by atoms with E-state index in [0.29, 0.717) is 34.1 Å². The van der Waals surface area contributed by atoms with Crippen molar-refractivity contribution in [2.24, 2.45) is 0 Å². The Morgan fingerprint density at radius 2 is 1.79 bits per heavy atom. The van der Waals surface area contributed by atoms with Gasteiger partial charge < -0.3 is 15.0 Å². The Morgan fingerprint density at radius 3 is 2.48 bits per heavy atom. The van der Waals surface area contributed by atoms with E-state index in [2.05, 4.69) is 5.32 Å². The zero-order valence-corrected chi connectivity index (χ0v) is 19.4. The van der Waals surface area contributed by atoms with Gasteiger partial charge in [-0.05, 0) is 53.6 Å². The van der Waals surface area contributed by atoms with Gasteiger partial charge in [0.25, 0.3) is 5.91 Å². The molecule has 1 fully saturated rings. The second kappa shape index (κ2) is 10.1. The molecule has 1 atom stereocenters. The molecule has 1 aliphatic heterocycles. The standard InChI is InChI=1S/C25H21ClN2O4S/c1-32-25(31)19-3-2-4-21(13-19)27-23(30)17-7-9-18(10-8-17)24-28(22(29)15-33-24)14-16-5-11-20(26)12-6-16/h2-13,24H,14-15H2,1H3,(H,27,30)/t24-/m1/s1. The minimum Gasteiger partial charge on any atom is -0.465 e. The lowest BCUT2D eigenvalue weighted by molar-refractivity contribution is -0.128. The molecule has 33 heavy (non-hydrogen) atoms. The van der Waals surface area contributed by atoms with E-state index in [0.717, 1.165) is 11.1 Å². The Bertz CT molecular complexity index is 1180. The number of methoxy groups -OCH3 is 1. The Hall–Kier alpha value is -3.29. The molecule has 0 saturated carbocycles. The number of hydrogen-bond acceptors (Lipinski definition) is 5. The van der Waals surface area contributed by atoms with Crippen LogP contribution in [0.5, 0.6) is 0 Å². The first kappa shape index (κ1) is 22.9. The Balaban J connectivity index is 1.46. The topological polar surface area (TPSA) is 75.7 Å². The summed E-state index contributed by atoms with van der Waals surface area (Å²) in [4.78, 5) is 38.7. The van der Waals surface area contributed by atoms with Crippen LogP contribution in [0.4, 0.5) is 5.69 Å². The molecular formula is C25H21ClN2O4S. The molecule has 0 unspecified atom stereocenters. The first-order valence-corrected chi connectivity index (χ1v) is 11.6. The smallest absolute Gasteiger partial charge is 0.337 e. The fraction of sp³-hybridized carbons (Fsp3) is 0.160. The number of nitrogens with zero attached hydrogens (tertiary/aromatic N) is 1. The maximum absolute atomic E-state index is 12.7. The summed E-state index contributed by atoms with van der Waals surface area (Å²) in [6, 6.07) is 21.2. The molecule has 168 valence electrons. The number of rotatable bonds is 6. The number of halogens is 1. The predicted molar refractivity (Wildman–Crippen MR) is 129 cm³/mol. The molecule has 1 saturated heterocycles. The van der Waals surface area contributed by atoms with Gasteiger partial charge in [0.05, 0.1) is 18.4 Å². The normalized spacial score (nSPS) is 15.4. The average Bonchev–Trinajstić information content (AvgIpc) is 3.20. The van der Waals surface area contributed by atoms with Gasteiger partial charge in [0, 0.05) is 22.8 Å². The molecule has 3 aromatic rings. The second-order valence-corrected chi connectivity index (χ2v) is 8.96. The third kappa shape index (κ3) is 5.38. The van der Waals surface area contributed by atoms with E-state index >= 15 is 0 Å². The van der Waals surface area contributed by atoms with Crippen LogP contribution in [0.3, 0.4) is 0 Å². The van der Waals surface area contributed by atoms with Gasteiger partial charge in [0.2, 0.25) is 5.91 Å². The molecule has 8 heteroatoms. The van der Waals surface area contributed by atoms with Gasteiger partial charge in [0.15, 0.2) is 0 Å². The Morgan fingerprint density at radius 1 is 1.06 bits per heavy atom. The summed E-state index contributed by atoms with van der Waals surface area (Å²) >= 11 is 7.53. The number of benzene rings is 3. The van der Waals surface area contributed by atoms with Crippen molar-refractivity contribution >= 4 is 46.8 Å². The highest BCUT2D eigenvalue weighted by Crippen LogP contribution is 2.39. The summed E-state index contributed by atoms with van der Waals surface area (Å²) in [5, 5.41) is 3.33. The molecule has 1 N–H and O–H groups in total. The lowest BCUT2D eigenvalue weighted by Crippen LogP contribution is -2.27. The third-order valence-corrected chi connectivity index (χ3v) is 6.74. The van der Waals surface area contributed by atoms with Gasteiger partial charge in [-0.3, -0.25) is 9.59 Å². The van der Waals surface area contributed by atoms with Crippen molar-refractivity contribution in [3.05, 3.63) is 100 Å². The summed E-state index contributed by atoms with van der Waals surface area (Å²) < 4.78 is 4.71. The number of thioether (sulfide) groups is 1. The van der Waals surface area contributed by atoms with Gasteiger partial charge in [-0.15, -0.1) is 11.8 Å².